The van der Waals surface area contributed by atoms with Crippen molar-refractivity contribution in [3.63, 3.8) is 0 Å². The molecule has 0 aromatic carbocycles. The fourth-order valence-electron chi connectivity index (χ4n) is 3.36. The minimum Gasteiger partial charge on any atom is -0.365 e. The number of guanidine groups is 1. The Kier molecular flexibility index (Phi) is 18.8. The quantitative estimate of drug-likeness (QED) is 0.0703. The van der Waals surface area contributed by atoms with Crippen LogP contribution in [0.15, 0.2) is 4.99 Å². The third-order valence-electron chi connectivity index (χ3n) is 5.32. The van der Waals surface area contributed by atoms with Gasteiger partial charge in [-0.1, -0.05) is 77.6 Å². The molecular formula is C23H46N6O4. The minimum absolute atomic E-state index is 0.125. The number of nitro groups is 1. The Morgan fingerprint density at radius 2 is 1.58 bits per heavy atom. The molecule has 0 unspecified atom stereocenters. The van der Waals surface area contributed by atoms with Gasteiger partial charge in [-0.25, -0.2) is 15.1 Å². The van der Waals surface area contributed by atoms with Gasteiger partial charge in [-0.2, -0.15) is 0 Å². The molecule has 0 saturated carbocycles. The molecule has 10 nitrogen and oxygen atoms in total. The number of nitrogens with one attached hydrogen (secondary N) is 3. The zero-order valence-corrected chi connectivity index (χ0v) is 20.9. The normalized spacial score (nSPS) is 12.4. The van der Waals surface area contributed by atoms with Gasteiger partial charge in [0.25, 0.3) is 5.96 Å². The molecule has 5 N–H and O–H groups in total. The van der Waals surface area contributed by atoms with Gasteiger partial charge in [0.2, 0.25) is 11.8 Å². The van der Waals surface area contributed by atoms with Gasteiger partial charge in [-0.15, -0.1) is 0 Å². The summed E-state index contributed by atoms with van der Waals surface area (Å²) < 4.78 is 0. The van der Waals surface area contributed by atoms with Gasteiger partial charge in [-0.05, 0) is 31.6 Å². The van der Waals surface area contributed by atoms with Gasteiger partial charge < -0.3 is 16.4 Å². The van der Waals surface area contributed by atoms with Crippen molar-refractivity contribution in [3.8, 4) is 0 Å². The van der Waals surface area contributed by atoms with E-state index in [4.69, 9.17) is 5.73 Å². The van der Waals surface area contributed by atoms with E-state index in [1.54, 1.807) is 5.43 Å². The molecule has 192 valence electrons. The number of hydrogen-bond acceptors (Lipinski definition) is 5. The fourth-order valence-corrected chi connectivity index (χ4v) is 3.36. The van der Waals surface area contributed by atoms with Gasteiger partial charge >= 0.3 is 0 Å². The van der Waals surface area contributed by atoms with Gasteiger partial charge in [-0.3, -0.25) is 9.59 Å². The molecule has 0 aliphatic carbocycles. The lowest BCUT2D eigenvalue weighted by Crippen LogP contribution is -2.47. The zero-order chi connectivity index (χ0) is 24.9. The maximum Gasteiger partial charge on any atom is 0.251 e. The van der Waals surface area contributed by atoms with Gasteiger partial charge in [0.05, 0.1) is 0 Å². The van der Waals surface area contributed by atoms with Crippen LogP contribution in [0, 0.1) is 16.0 Å². The van der Waals surface area contributed by atoms with E-state index in [-0.39, 0.29) is 24.3 Å². The SMILES string of the molecule is CCCCCCCCCCCC(=O)N[C@@H](CCCN=C(N)N[N+](=O)[O-])C(=O)NCCC(C)C. The Labute approximate surface area is 199 Å². The maximum atomic E-state index is 12.6. The number of nitrogens with two attached hydrogens (primary N) is 1. The van der Waals surface area contributed by atoms with Crippen LogP contribution in [-0.4, -0.2) is 41.9 Å². The van der Waals surface area contributed by atoms with Crippen molar-refractivity contribution in [2.75, 3.05) is 13.1 Å². The second-order valence-electron chi connectivity index (χ2n) is 8.95. The van der Waals surface area contributed by atoms with Gasteiger partial charge in [0.15, 0.2) is 5.03 Å². The van der Waals surface area contributed by atoms with Crippen LogP contribution in [0.1, 0.15) is 104 Å². The van der Waals surface area contributed by atoms with Crippen molar-refractivity contribution in [1.29, 1.82) is 0 Å². The maximum absolute atomic E-state index is 12.6. The molecule has 0 fully saturated rings. The Balaban J connectivity index is 4.37. The highest BCUT2D eigenvalue weighted by Gasteiger charge is 2.20. The largest absolute Gasteiger partial charge is 0.365 e. The molecule has 0 aromatic heterocycles. The van der Waals surface area contributed by atoms with Crippen molar-refractivity contribution in [2.45, 2.75) is 110 Å². The van der Waals surface area contributed by atoms with E-state index in [0.29, 0.717) is 31.7 Å². The third kappa shape index (κ3) is 20.0. The van der Waals surface area contributed by atoms with Crippen LogP contribution in [0.5, 0.6) is 0 Å². The molecule has 0 heterocycles. The minimum atomic E-state index is -0.781. The molecule has 0 rings (SSSR count). The first-order valence-electron chi connectivity index (χ1n) is 12.5. The lowest BCUT2D eigenvalue weighted by molar-refractivity contribution is -0.525. The topological polar surface area (TPSA) is 152 Å². The van der Waals surface area contributed by atoms with E-state index >= 15 is 0 Å². The summed E-state index contributed by atoms with van der Waals surface area (Å²) in [6.45, 7) is 7.15. The summed E-state index contributed by atoms with van der Waals surface area (Å²) in [5.74, 6) is -0.153. The van der Waals surface area contributed by atoms with Gasteiger partial charge in [0.1, 0.15) is 6.04 Å². The third-order valence-corrected chi connectivity index (χ3v) is 5.32. The number of nitrogens with zero attached hydrogens (tertiary/aromatic N) is 2. The van der Waals surface area contributed by atoms with Crippen molar-refractivity contribution >= 4 is 17.8 Å². The predicted octanol–water partition coefficient (Wildman–Crippen LogP) is 3.43. The van der Waals surface area contributed by atoms with Crippen molar-refractivity contribution in [3.05, 3.63) is 10.1 Å². The Morgan fingerprint density at radius 1 is 0.970 bits per heavy atom. The van der Waals surface area contributed by atoms with E-state index in [1.807, 2.05) is 0 Å². The number of unbranched alkanes of at least 4 members (excludes halogenated alkanes) is 8. The van der Waals surface area contributed by atoms with E-state index in [9.17, 15) is 19.7 Å². The van der Waals surface area contributed by atoms with Crippen molar-refractivity contribution < 1.29 is 14.6 Å². The number of carbonyl (C=O) groups is 2. The average molecular weight is 471 g/mol. The second kappa shape index (κ2) is 20.2. The molecule has 1 atom stereocenters. The summed E-state index contributed by atoms with van der Waals surface area (Å²) in [5, 5.41) is 15.3. The Hall–Kier alpha value is -2.39. The summed E-state index contributed by atoms with van der Waals surface area (Å²) in [5.41, 5.74) is 7.17. The van der Waals surface area contributed by atoms with E-state index in [0.717, 1.165) is 25.7 Å². The monoisotopic (exact) mass is 470 g/mol. The molecule has 0 aliphatic rings. The molecule has 0 radical (unpaired) electrons. The number of amides is 2. The standard InChI is InChI=1S/C23H46N6O4/c1-4-5-6-7-8-9-10-11-12-15-21(30)27-20(22(31)25-18-16-19(2)3)14-13-17-26-23(24)28-29(32)33/h19-20H,4-18H2,1-3H3,(H,25,31)(H,27,30)(H3,24,26,28)/t20-/m0/s1. The molecule has 0 spiro atoms. The van der Waals surface area contributed by atoms with Crippen LogP contribution >= 0.6 is 0 Å². The van der Waals surface area contributed by atoms with Crippen LogP contribution in [0.4, 0.5) is 0 Å². The average Bonchev–Trinajstić information content (AvgIpc) is 2.73. The number of hydrogen-bond donors (Lipinski definition) is 4. The predicted molar refractivity (Wildman–Crippen MR) is 132 cm³/mol. The summed E-state index contributed by atoms with van der Waals surface area (Å²) >= 11 is 0. The summed E-state index contributed by atoms with van der Waals surface area (Å²) in [4.78, 5) is 39.2. The van der Waals surface area contributed by atoms with Crippen LogP contribution < -0.4 is 21.8 Å². The first-order chi connectivity index (χ1) is 15.8. The van der Waals surface area contributed by atoms with Crippen LogP contribution in [0.2, 0.25) is 0 Å². The molecule has 33 heavy (non-hydrogen) atoms. The molecule has 0 bridgehead atoms. The highest BCUT2D eigenvalue weighted by atomic mass is 16.7. The van der Waals surface area contributed by atoms with Gasteiger partial charge in [0, 0.05) is 19.5 Å². The van der Waals surface area contributed by atoms with Crippen LogP contribution in [0.25, 0.3) is 0 Å². The van der Waals surface area contributed by atoms with Crippen molar-refractivity contribution in [2.24, 2.45) is 16.6 Å². The van der Waals surface area contributed by atoms with E-state index in [1.165, 1.54) is 38.5 Å². The lowest BCUT2D eigenvalue weighted by atomic mass is 10.1. The lowest BCUT2D eigenvalue weighted by Gasteiger charge is -2.19. The molecule has 0 aromatic rings. The fraction of sp³-hybridized carbons (Fsp3) is 0.870. The Morgan fingerprint density at radius 3 is 2.15 bits per heavy atom. The number of hydrazine groups is 1. The first-order valence-corrected chi connectivity index (χ1v) is 12.5. The van der Waals surface area contributed by atoms with Crippen molar-refractivity contribution in [1.82, 2.24) is 16.1 Å². The second-order valence-corrected chi connectivity index (χ2v) is 8.95. The molecule has 2 amide bonds. The highest BCUT2D eigenvalue weighted by molar-refractivity contribution is 5.87. The van der Waals surface area contributed by atoms with E-state index < -0.39 is 11.1 Å². The molecular weight excluding hydrogens is 424 g/mol. The number of rotatable bonds is 20. The van der Waals surface area contributed by atoms with Crippen LogP contribution in [0.3, 0.4) is 0 Å². The molecule has 10 heteroatoms. The first kappa shape index (κ1) is 30.6. The van der Waals surface area contributed by atoms with E-state index in [2.05, 4.69) is 36.4 Å². The Bertz CT molecular complexity index is 583. The highest BCUT2D eigenvalue weighted by Crippen LogP contribution is 2.11. The smallest absolute Gasteiger partial charge is 0.251 e. The van der Waals surface area contributed by atoms with Crippen LogP contribution in [-0.2, 0) is 9.59 Å². The summed E-state index contributed by atoms with van der Waals surface area (Å²) in [7, 11) is 0. The zero-order valence-electron chi connectivity index (χ0n) is 20.9. The molecule has 0 aliphatic heterocycles. The molecule has 0 saturated heterocycles. The number of aliphatic imine (C=N–C) groups is 1. The summed E-state index contributed by atoms with van der Waals surface area (Å²) in [6.07, 6.45) is 12.7. The summed E-state index contributed by atoms with van der Waals surface area (Å²) in [6, 6.07) is -0.650. The number of carbonyl (C=O) groups excluding carboxylic acids is 2.